The van der Waals surface area contributed by atoms with Crippen LogP contribution in [0.15, 0.2) is 29.6 Å². The van der Waals surface area contributed by atoms with Gasteiger partial charge in [0.05, 0.1) is 17.3 Å². The molecule has 4 nitrogen and oxygen atoms in total. The van der Waals surface area contributed by atoms with Crippen LogP contribution < -0.4 is 10.1 Å². The van der Waals surface area contributed by atoms with Gasteiger partial charge < -0.3 is 4.74 Å². The average Bonchev–Trinajstić information content (AvgIpc) is 3.03. The fraction of sp³-hybridized carbons (Fsp3) is 0.143. The van der Waals surface area contributed by atoms with E-state index in [2.05, 4.69) is 16.4 Å². The van der Waals surface area contributed by atoms with E-state index < -0.39 is 0 Å². The van der Waals surface area contributed by atoms with Crippen molar-refractivity contribution < 1.29 is 9.53 Å². The summed E-state index contributed by atoms with van der Waals surface area (Å²) >= 11 is 2.82. The highest BCUT2D eigenvalue weighted by Gasteiger charge is 2.15. The van der Waals surface area contributed by atoms with Gasteiger partial charge in [0.25, 0.3) is 5.91 Å². The Morgan fingerprint density at radius 3 is 3.00 bits per heavy atom. The van der Waals surface area contributed by atoms with E-state index >= 15 is 0 Å². The first-order chi connectivity index (χ1) is 9.67. The van der Waals surface area contributed by atoms with Gasteiger partial charge in [-0.2, -0.15) is 0 Å². The number of carbonyl (C=O) groups is 1. The van der Waals surface area contributed by atoms with Gasteiger partial charge in [-0.1, -0.05) is 17.4 Å². The second-order valence-electron chi connectivity index (χ2n) is 4.26. The predicted molar refractivity (Wildman–Crippen MR) is 83.2 cm³/mol. The third kappa shape index (κ3) is 2.39. The topological polar surface area (TPSA) is 51.2 Å². The smallest absolute Gasteiger partial charge is 0.271 e. The summed E-state index contributed by atoms with van der Waals surface area (Å²) in [7, 11) is 1.55. The average molecular weight is 304 g/mol. The zero-order valence-electron chi connectivity index (χ0n) is 11.0. The van der Waals surface area contributed by atoms with Crippen LogP contribution in [0.25, 0.3) is 10.2 Å². The van der Waals surface area contributed by atoms with Gasteiger partial charge in [0.15, 0.2) is 5.13 Å². The number of aromatic nitrogens is 1. The molecule has 1 N–H and O–H groups in total. The molecule has 0 aliphatic carbocycles. The van der Waals surface area contributed by atoms with Gasteiger partial charge in [-0.3, -0.25) is 10.1 Å². The molecule has 0 spiro atoms. The number of ether oxygens (including phenoxy) is 1. The van der Waals surface area contributed by atoms with Crippen LogP contribution in [0.1, 0.15) is 15.2 Å². The molecule has 0 aliphatic rings. The van der Waals surface area contributed by atoms with E-state index in [9.17, 15) is 4.79 Å². The van der Waals surface area contributed by atoms with Gasteiger partial charge in [-0.25, -0.2) is 4.98 Å². The first-order valence-corrected chi connectivity index (χ1v) is 7.67. The molecule has 0 saturated heterocycles. The number of nitrogens with zero attached hydrogens (tertiary/aromatic N) is 1. The quantitative estimate of drug-likeness (QED) is 0.797. The van der Waals surface area contributed by atoms with Crippen LogP contribution >= 0.6 is 22.7 Å². The molecule has 2 heterocycles. The molecule has 0 fully saturated rings. The van der Waals surface area contributed by atoms with E-state index in [0.717, 1.165) is 10.2 Å². The molecular weight excluding hydrogens is 292 g/mol. The van der Waals surface area contributed by atoms with E-state index in [-0.39, 0.29) is 5.91 Å². The molecule has 3 aromatic rings. The zero-order chi connectivity index (χ0) is 14.1. The molecule has 3 rings (SSSR count). The van der Waals surface area contributed by atoms with Crippen LogP contribution in [0.3, 0.4) is 0 Å². The molecule has 0 radical (unpaired) electrons. The molecule has 0 saturated carbocycles. The number of nitrogens with one attached hydrogen (secondary N) is 1. The highest BCUT2D eigenvalue weighted by molar-refractivity contribution is 7.22. The Kier molecular flexibility index (Phi) is 3.42. The first kappa shape index (κ1) is 13.1. The van der Waals surface area contributed by atoms with Crippen LogP contribution in [0.5, 0.6) is 5.75 Å². The van der Waals surface area contributed by atoms with Gasteiger partial charge in [-0.15, -0.1) is 11.3 Å². The lowest BCUT2D eigenvalue weighted by molar-refractivity contribution is 0.102. The van der Waals surface area contributed by atoms with Crippen molar-refractivity contribution in [3.63, 3.8) is 0 Å². The maximum absolute atomic E-state index is 12.2. The van der Waals surface area contributed by atoms with Crippen molar-refractivity contribution in [2.45, 2.75) is 6.92 Å². The summed E-state index contributed by atoms with van der Waals surface area (Å²) in [6.45, 7) is 2.04. The standard InChI is InChI=1S/C14H12N2O2S2/c1-8-3-4-9-11(7-8)20-14(15-9)16-13(17)12-10(18-2)5-6-19-12/h3-7H,1-2H3,(H,15,16,17). The van der Waals surface area contributed by atoms with Gasteiger partial charge >= 0.3 is 0 Å². The Labute approximate surface area is 124 Å². The molecule has 20 heavy (non-hydrogen) atoms. The third-order valence-corrected chi connectivity index (χ3v) is 4.65. The van der Waals surface area contributed by atoms with Crippen molar-refractivity contribution in [2.24, 2.45) is 0 Å². The second-order valence-corrected chi connectivity index (χ2v) is 6.21. The normalized spacial score (nSPS) is 10.7. The molecule has 6 heteroatoms. The highest BCUT2D eigenvalue weighted by Crippen LogP contribution is 2.29. The lowest BCUT2D eigenvalue weighted by Gasteiger charge is -2.01. The van der Waals surface area contributed by atoms with E-state index in [0.29, 0.717) is 15.8 Å². The Bertz CT molecular complexity index is 776. The predicted octanol–water partition coefficient (Wildman–Crippen LogP) is 3.93. The van der Waals surface area contributed by atoms with Crippen LogP contribution in [-0.2, 0) is 0 Å². The third-order valence-electron chi connectivity index (χ3n) is 2.82. The van der Waals surface area contributed by atoms with E-state index in [1.165, 1.54) is 28.2 Å². The lowest BCUT2D eigenvalue weighted by Crippen LogP contribution is -2.10. The minimum Gasteiger partial charge on any atom is -0.495 e. The molecule has 0 bridgehead atoms. The molecule has 0 aliphatic heterocycles. The highest BCUT2D eigenvalue weighted by atomic mass is 32.1. The van der Waals surface area contributed by atoms with Gasteiger partial charge in [0, 0.05) is 0 Å². The molecule has 102 valence electrons. The van der Waals surface area contributed by atoms with Gasteiger partial charge in [0.2, 0.25) is 0 Å². The summed E-state index contributed by atoms with van der Waals surface area (Å²) in [5, 5.41) is 5.26. The Morgan fingerprint density at radius 1 is 1.35 bits per heavy atom. The summed E-state index contributed by atoms with van der Waals surface area (Å²) in [5.74, 6) is 0.400. The Hall–Kier alpha value is -1.92. The van der Waals surface area contributed by atoms with Crippen molar-refractivity contribution in [1.29, 1.82) is 0 Å². The fourth-order valence-electron chi connectivity index (χ4n) is 1.86. The molecule has 1 amide bonds. The summed E-state index contributed by atoms with van der Waals surface area (Å²) in [5.41, 5.74) is 2.08. The Morgan fingerprint density at radius 2 is 2.20 bits per heavy atom. The monoisotopic (exact) mass is 304 g/mol. The van der Waals surface area contributed by atoms with Crippen molar-refractivity contribution in [3.05, 3.63) is 40.1 Å². The number of fused-ring (bicyclic) bond motifs is 1. The number of amides is 1. The fourth-order valence-corrected chi connectivity index (χ4v) is 3.58. The lowest BCUT2D eigenvalue weighted by atomic mass is 10.2. The molecule has 0 atom stereocenters. The summed E-state index contributed by atoms with van der Waals surface area (Å²) in [4.78, 5) is 17.2. The van der Waals surface area contributed by atoms with Crippen LogP contribution in [-0.4, -0.2) is 18.0 Å². The number of benzene rings is 1. The molecule has 1 aromatic carbocycles. The van der Waals surface area contributed by atoms with E-state index in [1.54, 1.807) is 13.2 Å². The van der Waals surface area contributed by atoms with Gasteiger partial charge in [0.1, 0.15) is 10.6 Å². The Balaban J connectivity index is 1.87. The number of thiazole rings is 1. The van der Waals surface area contributed by atoms with Gasteiger partial charge in [-0.05, 0) is 36.1 Å². The number of thiophene rings is 1. The van der Waals surface area contributed by atoms with E-state index in [1.807, 2.05) is 24.4 Å². The van der Waals surface area contributed by atoms with Crippen molar-refractivity contribution in [1.82, 2.24) is 4.98 Å². The second kappa shape index (κ2) is 5.22. The van der Waals surface area contributed by atoms with Crippen LogP contribution in [0.2, 0.25) is 0 Å². The van der Waals surface area contributed by atoms with Crippen molar-refractivity contribution in [3.8, 4) is 5.75 Å². The molecule has 2 aromatic heterocycles. The number of hydrogen-bond donors (Lipinski definition) is 1. The number of hydrogen-bond acceptors (Lipinski definition) is 5. The minimum absolute atomic E-state index is 0.187. The number of rotatable bonds is 3. The SMILES string of the molecule is COc1ccsc1C(=O)Nc1nc2ccc(C)cc2s1. The largest absolute Gasteiger partial charge is 0.495 e. The zero-order valence-corrected chi connectivity index (χ0v) is 12.6. The summed E-state index contributed by atoms with van der Waals surface area (Å²) in [6.07, 6.45) is 0. The minimum atomic E-state index is -0.187. The van der Waals surface area contributed by atoms with Crippen molar-refractivity contribution in [2.75, 3.05) is 12.4 Å². The molecular formula is C14H12N2O2S2. The molecule has 0 unspecified atom stereocenters. The van der Waals surface area contributed by atoms with Crippen LogP contribution in [0, 0.1) is 6.92 Å². The first-order valence-electron chi connectivity index (χ1n) is 5.97. The number of methoxy groups -OCH3 is 1. The summed E-state index contributed by atoms with van der Waals surface area (Å²) in [6, 6.07) is 7.81. The number of anilines is 1. The van der Waals surface area contributed by atoms with E-state index in [4.69, 9.17) is 4.74 Å². The van der Waals surface area contributed by atoms with Crippen LogP contribution in [0.4, 0.5) is 5.13 Å². The number of carbonyl (C=O) groups excluding carboxylic acids is 1. The maximum Gasteiger partial charge on any atom is 0.271 e. The number of aryl methyl sites for hydroxylation is 1. The van der Waals surface area contributed by atoms with Crippen molar-refractivity contribution >= 4 is 43.9 Å². The summed E-state index contributed by atoms with van der Waals surface area (Å²) < 4.78 is 6.22. The maximum atomic E-state index is 12.2.